The van der Waals surface area contributed by atoms with Gasteiger partial charge < -0.3 is 9.51 Å². The van der Waals surface area contributed by atoms with Crippen molar-refractivity contribution in [2.75, 3.05) is 4.90 Å². The molecule has 1 atom stereocenters. The van der Waals surface area contributed by atoms with Crippen LogP contribution in [0.5, 0.6) is 0 Å². The van der Waals surface area contributed by atoms with Crippen molar-refractivity contribution in [3.05, 3.63) is 111 Å². The number of amides is 1. The van der Waals surface area contributed by atoms with Crippen LogP contribution in [-0.4, -0.2) is 36.4 Å². The van der Waals surface area contributed by atoms with E-state index in [2.05, 4.69) is 15.2 Å². The van der Waals surface area contributed by atoms with Gasteiger partial charge in [0.25, 0.3) is 5.78 Å². The lowest BCUT2D eigenvalue weighted by atomic mass is 9.96. The Morgan fingerprint density at radius 2 is 1.80 bits per heavy atom. The number of fused-ring (bicyclic) bond motifs is 1. The fraction of sp³-hybridized carbons (Fsp3) is 0.138. The first kappa shape index (κ1) is 27.5. The van der Waals surface area contributed by atoms with E-state index in [4.69, 9.17) is 23.2 Å². The Balaban J connectivity index is 1.43. The summed E-state index contributed by atoms with van der Waals surface area (Å²) in [6, 6.07) is 17.1. The van der Waals surface area contributed by atoms with Gasteiger partial charge in [-0.2, -0.15) is 0 Å². The van der Waals surface area contributed by atoms with E-state index in [0.717, 1.165) is 11.1 Å². The Kier molecular flexibility index (Phi) is 7.33. The number of carbonyl (C=O) groups is 2. The average Bonchev–Trinajstić information content (AvgIpc) is 3.63. The van der Waals surface area contributed by atoms with Crippen molar-refractivity contribution in [1.29, 1.82) is 0 Å². The largest absolute Gasteiger partial charge is 0.505 e. The highest BCUT2D eigenvalue weighted by Crippen LogP contribution is 2.44. The highest BCUT2D eigenvalue weighted by molar-refractivity contribution is 8.00. The molecule has 0 saturated carbocycles. The van der Waals surface area contributed by atoms with Crippen LogP contribution in [0, 0.1) is 13.8 Å². The van der Waals surface area contributed by atoms with Crippen molar-refractivity contribution in [2.45, 2.75) is 30.0 Å². The van der Waals surface area contributed by atoms with Crippen LogP contribution in [0.3, 0.4) is 0 Å². The van der Waals surface area contributed by atoms with Gasteiger partial charge in [0.05, 0.1) is 17.3 Å². The standard InChI is InChI=1S/C29H21Cl2N5O3S2/c1-15-5-4-12-35-16(2)22(32-26(15)35)24(37)21-23(18-6-3-7-20(31)13-18)36(27(39)25(21)38)28-33-34-29(41-28)40-14-17-8-10-19(30)11-9-17/h3-13,23,37H,14H2,1-2H3/b24-21+. The Labute approximate surface area is 253 Å². The highest BCUT2D eigenvalue weighted by atomic mass is 35.5. The van der Waals surface area contributed by atoms with Gasteiger partial charge in [-0.15, -0.1) is 10.2 Å². The molecule has 1 aliphatic heterocycles. The molecule has 41 heavy (non-hydrogen) atoms. The third-order valence-electron chi connectivity index (χ3n) is 6.79. The molecule has 1 fully saturated rings. The van der Waals surface area contributed by atoms with Gasteiger partial charge in [0.15, 0.2) is 10.1 Å². The number of aryl methyl sites for hydroxylation is 2. The number of pyridine rings is 1. The molecule has 1 aliphatic rings. The van der Waals surface area contributed by atoms with Crippen LogP contribution in [-0.2, 0) is 15.3 Å². The molecule has 0 radical (unpaired) electrons. The predicted octanol–water partition coefficient (Wildman–Crippen LogP) is 7.03. The van der Waals surface area contributed by atoms with Crippen molar-refractivity contribution in [1.82, 2.24) is 19.6 Å². The molecule has 8 nitrogen and oxygen atoms in total. The lowest BCUT2D eigenvalue weighted by Gasteiger charge is -2.22. The Morgan fingerprint density at radius 3 is 2.54 bits per heavy atom. The number of benzene rings is 2. The number of thioether (sulfide) groups is 1. The number of aromatic nitrogens is 4. The van der Waals surface area contributed by atoms with E-state index in [1.807, 2.05) is 53.9 Å². The second-order valence-corrected chi connectivity index (χ2v) is 12.5. The second-order valence-electron chi connectivity index (χ2n) is 9.42. The summed E-state index contributed by atoms with van der Waals surface area (Å²) in [6.45, 7) is 3.71. The lowest BCUT2D eigenvalue weighted by Crippen LogP contribution is -2.29. The van der Waals surface area contributed by atoms with Crippen molar-refractivity contribution >= 4 is 74.5 Å². The summed E-state index contributed by atoms with van der Waals surface area (Å²) in [4.78, 5) is 33.0. The van der Waals surface area contributed by atoms with E-state index < -0.39 is 17.7 Å². The fourth-order valence-electron chi connectivity index (χ4n) is 4.78. The van der Waals surface area contributed by atoms with Gasteiger partial charge in [0, 0.05) is 22.0 Å². The third-order valence-corrected chi connectivity index (χ3v) is 9.41. The molecular weight excluding hydrogens is 601 g/mol. The molecule has 1 N–H and O–H groups in total. The minimum Gasteiger partial charge on any atom is -0.505 e. The van der Waals surface area contributed by atoms with Gasteiger partial charge in [-0.25, -0.2) is 4.98 Å². The molecule has 1 amide bonds. The smallest absolute Gasteiger partial charge is 0.301 e. The number of hydrogen-bond acceptors (Lipinski definition) is 8. The topological polar surface area (TPSA) is 101 Å². The molecule has 0 aliphatic carbocycles. The van der Waals surface area contributed by atoms with Crippen LogP contribution in [0.15, 0.2) is 76.8 Å². The van der Waals surface area contributed by atoms with Crippen LogP contribution >= 0.6 is 46.3 Å². The second kappa shape index (κ2) is 10.9. The highest BCUT2D eigenvalue weighted by Gasteiger charge is 2.49. The van der Waals surface area contributed by atoms with E-state index in [1.165, 1.54) is 28.0 Å². The number of Topliss-reactive ketones (excluding diaryl/α,β-unsaturated/α-hetero) is 1. The summed E-state index contributed by atoms with van der Waals surface area (Å²) >= 11 is 15.0. The maximum atomic E-state index is 13.6. The first-order chi connectivity index (χ1) is 19.7. The van der Waals surface area contributed by atoms with Gasteiger partial charge in [-0.05, 0) is 60.9 Å². The Hall–Kier alpha value is -3.70. The lowest BCUT2D eigenvalue weighted by molar-refractivity contribution is -0.132. The Bertz CT molecular complexity index is 1870. The maximum Gasteiger partial charge on any atom is 0.301 e. The third kappa shape index (κ3) is 5.01. The zero-order valence-electron chi connectivity index (χ0n) is 21.7. The number of carbonyl (C=O) groups excluding carboxylic acids is 2. The molecule has 206 valence electrons. The normalized spacial score (nSPS) is 16.7. The summed E-state index contributed by atoms with van der Waals surface area (Å²) in [5.74, 6) is -1.40. The molecule has 4 heterocycles. The number of imidazole rings is 1. The number of anilines is 1. The van der Waals surface area contributed by atoms with Crippen LogP contribution in [0.2, 0.25) is 10.0 Å². The van der Waals surface area contributed by atoms with Gasteiger partial charge in [-0.3, -0.25) is 14.5 Å². The number of ketones is 1. The van der Waals surface area contributed by atoms with Gasteiger partial charge in [-0.1, -0.05) is 76.6 Å². The molecule has 3 aromatic heterocycles. The minimum absolute atomic E-state index is 0.0907. The number of hydrogen-bond donors (Lipinski definition) is 1. The Morgan fingerprint density at radius 1 is 1.02 bits per heavy atom. The summed E-state index contributed by atoms with van der Waals surface area (Å²) in [7, 11) is 0. The molecule has 2 aromatic carbocycles. The van der Waals surface area contributed by atoms with Gasteiger partial charge in [0.2, 0.25) is 5.13 Å². The number of halogens is 2. The quantitative estimate of drug-likeness (QED) is 0.0714. The number of nitrogens with zero attached hydrogens (tertiary/aromatic N) is 5. The van der Waals surface area contributed by atoms with E-state index in [9.17, 15) is 14.7 Å². The number of rotatable bonds is 6. The summed E-state index contributed by atoms with van der Waals surface area (Å²) in [5, 5.41) is 21.4. The van der Waals surface area contributed by atoms with Crippen LogP contribution in [0.4, 0.5) is 5.13 Å². The number of aliphatic hydroxyl groups is 1. The molecule has 0 bridgehead atoms. The molecule has 5 aromatic rings. The van der Waals surface area contributed by atoms with E-state index in [1.54, 1.807) is 31.2 Å². The molecule has 6 rings (SSSR count). The van der Waals surface area contributed by atoms with Crippen molar-refractivity contribution in [3.8, 4) is 0 Å². The van der Waals surface area contributed by atoms with E-state index in [-0.39, 0.29) is 22.2 Å². The van der Waals surface area contributed by atoms with Crippen LogP contribution < -0.4 is 4.90 Å². The average molecular weight is 623 g/mol. The zero-order chi connectivity index (χ0) is 28.8. The molecule has 1 saturated heterocycles. The molecular formula is C29H21Cl2N5O3S2. The zero-order valence-corrected chi connectivity index (χ0v) is 24.9. The first-order valence-electron chi connectivity index (χ1n) is 12.4. The maximum absolute atomic E-state index is 13.6. The molecule has 0 spiro atoms. The SMILES string of the molecule is Cc1cccn2c(C)c(/C(O)=C3\C(=O)C(=O)N(c4nnc(SCc5ccc(Cl)cc5)s4)C3c3cccc(Cl)c3)nc12. The van der Waals surface area contributed by atoms with Gasteiger partial charge in [0.1, 0.15) is 11.3 Å². The van der Waals surface area contributed by atoms with Crippen LogP contribution in [0.1, 0.15) is 34.1 Å². The fourth-order valence-corrected chi connectivity index (χ4v) is 6.93. The summed E-state index contributed by atoms with van der Waals surface area (Å²) < 4.78 is 2.46. The minimum atomic E-state index is -0.985. The van der Waals surface area contributed by atoms with E-state index >= 15 is 0 Å². The monoisotopic (exact) mass is 621 g/mol. The number of aliphatic hydroxyl groups excluding tert-OH is 1. The van der Waals surface area contributed by atoms with E-state index in [0.29, 0.717) is 37.0 Å². The first-order valence-corrected chi connectivity index (χ1v) is 15.0. The van der Waals surface area contributed by atoms with Crippen molar-refractivity contribution in [2.24, 2.45) is 0 Å². The summed E-state index contributed by atoms with van der Waals surface area (Å²) in [5.41, 5.74) is 3.90. The predicted molar refractivity (Wildman–Crippen MR) is 162 cm³/mol. The molecule has 1 unspecified atom stereocenters. The summed E-state index contributed by atoms with van der Waals surface area (Å²) in [6.07, 6.45) is 1.83. The van der Waals surface area contributed by atoms with Crippen molar-refractivity contribution < 1.29 is 14.7 Å². The van der Waals surface area contributed by atoms with Crippen molar-refractivity contribution in [3.63, 3.8) is 0 Å². The van der Waals surface area contributed by atoms with Crippen LogP contribution in [0.25, 0.3) is 11.4 Å². The molecule has 12 heteroatoms. The van der Waals surface area contributed by atoms with Gasteiger partial charge >= 0.3 is 5.91 Å².